The van der Waals surface area contributed by atoms with E-state index in [0.29, 0.717) is 18.5 Å². The van der Waals surface area contributed by atoms with Crippen molar-refractivity contribution < 1.29 is 13.2 Å². The lowest BCUT2D eigenvalue weighted by Crippen LogP contribution is -2.43. The highest BCUT2D eigenvalue weighted by Gasteiger charge is 2.27. The molecule has 0 bridgehead atoms. The Morgan fingerprint density at radius 3 is 2.80 bits per heavy atom. The predicted octanol–water partition coefficient (Wildman–Crippen LogP) is 2.14. The van der Waals surface area contributed by atoms with Gasteiger partial charge in [-0.3, -0.25) is 4.79 Å². The summed E-state index contributed by atoms with van der Waals surface area (Å²) >= 11 is 3.37. The lowest BCUT2D eigenvalue weighted by Gasteiger charge is -2.23. The smallest absolute Gasteiger partial charge is 0.268 e. The van der Waals surface area contributed by atoms with Crippen LogP contribution in [0.4, 0.5) is 0 Å². The molecule has 5 nitrogen and oxygen atoms in total. The Labute approximate surface area is 127 Å². The largest absolute Gasteiger partial charge is 0.347 e. The van der Waals surface area contributed by atoms with Crippen LogP contribution < -0.4 is 5.32 Å². The maximum atomic E-state index is 12.3. The Morgan fingerprint density at radius 1 is 1.50 bits per heavy atom. The van der Waals surface area contributed by atoms with Crippen LogP contribution in [0.3, 0.4) is 0 Å². The molecule has 2 heterocycles. The maximum absolute atomic E-state index is 12.3. The van der Waals surface area contributed by atoms with Crippen LogP contribution in [-0.4, -0.2) is 36.4 Å². The Kier molecular flexibility index (Phi) is 4.59. The van der Waals surface area contributed by atoms with Gasteiger partial charge in [0.1, 0.15) is 5.69 Å². The van der Waals surface area contributed by atoms with E-state index < -0.39 is 9.84 Å². The highest BCUT2D eigenvalue weighted by atomic mass is 79.9. The molecule has 7 heteroatoms. The number of halogens is 1. The van der Waals surface area contributed by atoms with Gasteiger partial charge in [0.25, 0.3) is 5.91 Å². The van der Waals surface area contributed by atoms with Gasteiger partial charge in [0.2, 0.25) is 0 Å². The topological polar surface area (TPSA) is 68.2 Å². The SMILES string of the molecule is CC(C)n1cc(Br)cc1C(=O)NC1CCCS(=O)(=O)C1. The van der Waals surface area contributed by atoms with E-state index in [1.165, 1.54) is 0 Å². The molecule has 0 aromatic carbocycles. The van der Waals surface area contributed by atoms with Gasteiger partial charge in [-0.15, -0.1) is 0 Å². The summed E-state index contributed by atoms with van der Waals surface area (Å²) in [5.74, 6) is 0.0572. The molecule has 112 valence electrons. The molecule has 1 N–H and O–H groups in total. The molecule has 1 fully saturated rings. The van der Waals surface area contributed by atoms with E-state index in [1.807, 2.05) is 24.6 Å². The van der Waals surface area contributed by atoms with Gasteiger partial charge in [0.15, 0.2) is 9.84 Å². The first-order chi connectivity index (χ1) is 9.28. The van der Waals surface area contributed by atoms with Gasteiger partial charge in [-0.2, -0.15) is 0 Å². The summed E-state index contributed by atoms with van der Waals surface area (Å²) < 4.78 is 25.9. The first kappa shape index (κ1) is 15.6. The number of carbonyl (C=O) groups is 1. The van der Waals surface area contributed by atoms with Gasteiger partial charge in [0, 0.05) is 22.8 Å². The van der Waals surface area contributed by atoms with Gasteiger partial charge in [-0.05, 0) is 48.7 Å². The van der Waals surface area contributed by atoms with Crippen molar-refractivity contribution in [2.45, 2.75) is 38.8 Å². The van der Waals surface area contributed by atoms with Crippen LogP contribution >= 0.6 is 15.9 Å². The Bertz CT molecular complexity index is 607. The van der Waals surface area contributed by atoms with E-state index in [0.717, 1.165) is 4.47 Å². The number of carbonyl (C=O) groups excluding carboxylic acids is 1. The number of amides is 1. The zero-order valence-electron chi connectivity index (χ0n) is 11.6. The molecular weight excluding hydrogens is 344 g/mol. The second-order valence-electron chi connectivity index (χ2n) is 5.47. The second kappa shape index (κ2) is 5.89. The molecule has 1 aromatic rings. The summed E-state index contributed by atoms with van der Waals surface area (Å²) in [6, 6.07) is 1.64. The van der Waals surface area contributed by atoms with Crippen molar-refractivity contribution in [1.82, 2.24) is 9.88 Å². The van der Waals surface area contributed by atoms with E-state index in [-0.39, 0.29) is 29.5 Å². The zero-order valence-corrected chi connectivity index (χ0v) is 14.0. The summed E-state index contributed by atoms with van der Waals surface area (Å²) in [5, 5.41) is 2.84. The van der Waals surface area contributed by atoms with Gasteiger partial charge in [0.05, 0.1) is 11.5 Å². The quantitative estimate of drug-likeness (QED) is 0.895. The van der Waals surface area contributed by atoms with Crippen molar-refractivity contribution >= 4 is 31.7 Å². The molecule has 1 unspecified atom stereocenters. The van der Waals surface area contributed by atoms with E-state index >= 15 is 0 Å². The molecule has 0 aliphatic carbocycles. The zero-order chi connectivity index (χ0) is 14.9. The standard InChI is InChI=1S/C13H19BrN2O3S/c1-9(2)16-7-10(14)6-12(16)13(17)15-11-4-3-5-20(18,19)8-11/h6-7,9,11H,3-5,8H2,1-2H3,(H,15,17). The molecule has 1 amide bonds. The van der Waals surface area contributed by atoms with Crippen LogP contribution in [0.2, 0.25) is 0 Å². The number of sulfone groups is 1. The van der Waals surface area contributed by atoms with Gasteiger partial charge in [-0.1, -0.05) is 0 Å². The van der Waals surface area contributed by atoms with Crippen molar-refractivity contribution in [3.8, 4) is 0 Å². The highest BCUT2D eigenvalue weighted by Crippen LogP contribution is 2.20. The first-order valence-electron chi connectivity index (χ1n) is 6.67. The van der Waals surface area contributed by atoms with Crippen molar-refractivity contribution in [2.75, 3.05) is 11.5 Å². The fraction of sp³-hybridized carbons (Fsp3) is 0.615. The lowest BCUT2D eigenvalue weighted by molar-refractivity contribution is 0.0927. The molecule has 2 rings (SSSR count). The van der Waals surface area contributed by atoms with Crippen LogP contribution in [-0.2, 0) is 9.84 Å². The Morgan fingerprint density at radius 2 is 2.20 bits per heavy atom. The highest BCUT2D eigenvalue weighted by molar-refractivity contribution is 9.10. The molecular formula is C13H19BrN2O3S. The van der Waals surface area contributed by atoms with E-state index in [1.54, 1.807) is 6.07 Å². The van der Waals surface area contributed by atoms with Crippen molar-refractivity contribution in [2.24, 2.45) is 0 Å². The third kappa shape index (κ3) is 3.63. The number of aromatic nitrogens is 1. The van der Waals surface area contributed by atoms with Crippen molar-refractivity contribution in [3.63, 3.8) is 0 Å². The minimum atomic E-state index is -3.01. The van der Waals surface area contributed by atoms with Crippen LogP contribution in [0.15, 0.2) is 16.7 Å². The molecule has 1 atom stereocenters. The minimum absolute atomic E-state index is 0.0439. The molecule has 1 aliphatic rings. The molecule has 1 saturated heterocycles. The first-order valence-corrected chi connectivity index (χ1v) is 9.28. The van der Waals surface area contributed by atoms with Crippen molar-refractivity contribution in [1.29, 1.82) is 0 Å². The average molecular weight is 363 g/mol. The molecule has 0 saturated carbocycles. The predicted molar refractivity (Wildman–Crippen MR) is 81.7 cm³/mol. The fourth-order valence-corrected chi connectivity index (χ4v) is 4.52. The monoisotopic (exact) mass is 362 g/mol. The Hall–Kier alpha value is -0.820. The molecule has 0 radical (unpaired) electrons. The molecule has 0 spiro atoms. The number of nitrogens with zero attached hydrogens (tertiary/aromatic N) is 1. The van der Waals surface area contributed by atoms with Crippen LogP contribution in [0, 0.1) is 0 Å². The summed E-state index contributed by atoms with van der Waals surface area (Å²) in [5.41, 5.74) is 0.551. The summed E-state index contributed by atoms with van der Waals surface area (Å²) in [6.45, 7) is 3.99. The summed E-state index contributed by atoms with van der Waals surface area (Å²) in [7, 11) is -3.01. The number of hydrogen-bond acceptors (Lipinski definition) is 3. The number of hydrogen-bond donors (Lipinski definition) is 1. The van der Waals surface area contributed by atoms with Crippen LogP contribution in [0.25, 0.3) is 0 Å². The Balaban J connectivity index is 2.12. The normalized spacial score (nSPS) is 21.9. The maximum Gasteiger partial charge on any atom is 0.268 e. The van der Waals surface area contributed by atoms with E-state index in [2.05, 4.69) is 21.2 Å². The fourth-order valence-electron chi connectivity index (χ4n) is 2.45. The molecule has 1 aromatic heterocycles. The summed E-state index contributed by atoms with van der Waals surface area (Å²) in [6.07, 6.45) is 3.19. The molecule has 1 aliphatic heterocycles. The second-order valence-corrected chi connectivity index (χ2v) is 8.62. The third-order valence-corrected chi connectivity index (χ3v) is 5.66. The molecule has 20 heavy (non-hydrogen) atoms. The van der Waals surface area contributed by atoms with Crippen LogP contribution in [0.1, 0.15) is 43.2 Å². The number of nitrogens with one attached hydrogen (secondary N) is 1. The van der Waals surface area contributed by atoms with Gasteiger partial charge < -0.3 is 9.88 Å². The lowest BCUT2D eigenvalue weighted by atomic mass is 10.2. The van der Waals surface area contributed by atoms with E-state index in [9.17, 15) is 13.2 Å². The number of rotatable bonds is 3. The van der Waals surface area contributed by atoms with Crippen LogP contribution in [0.5, 0.6) is 0 Å². The third-order valence-electron chi connectivity index (χ3n) is 3.40. The average Bonchev–Trinajstić information content (AvgIpc) is 2.70. The van der Waals surface area contributed by atoms with Gasteiger partial charge >= 0.3 is 0 Å². The minimum Gasteiger partial charge on any atom is -0.347 e. The van der Waals surface area contributed by atoms with E-state index in [4.69, 9.17) is 0 Å². The van der Waals surface area contributed by atoms with Crippen molar-refractivity contribution in [3.05, 3.63) is 22.4 Å². The summed E-state index contributed by atoms with van der Waals surface area (Å²) in [4.78, 5) is 12.3. The van der Waals surface area contributed by atoms with Gasteiger partial charge in [-0.25, -0.2) is 8.42 Å².